The normalized spacial score (nSPS) is 20.4. The Morgan fingerprint density at radius 3 is 2.60 bits per heavy atom. The van der Waals surface area contributed by atoms with Crippen LogP contribution in [0.1, 0.15) is 30.0 Å². The Morgan fingerprint density at radius 2 is 1.90 bits per heavy atom. The van der Waals surface area contributed by atoms with E-state index in [-0.39, 0.29) is 17.8 Å². The van der Waals surface area contributed by atoms with Gasteiger partial charge in [-0.05, 0) is 42.2 Å². The second kappa shape index (κ2) is 9.64. The summed E-state index contributed by atoms with van der Waals surface area (Å²) >= 11 is 0. The van der Waals surface area contributed by atoms with E-state index < -0.39 is 5.41 Å². The van der Waals surface area contributed by atoms with Crippen molar-refractivity contribution in [1.82, 2.24) is 15.2 Å². The Hall–Kier alpha value is -2.35. The molecule has 4 rings (SSSR count). The topological polar surface area (TPSA) is 63.7 Å². The van der Waals surface area contributed by atoms with Crippen LogP contribution in [-0.2, 0) is 19.7 Å². The highest BCUT2D eigenvalue weighted by Crippen LogP contribution is 2.36. The molecule has 2 saturated heterocycles. The van der Waals surface area contributed by atoms with Gasteiger partial charge in [-0.15, -0.1) is 0 Å². The molecular weight excluding hydrogens is 385 g/mol. The number of ether oxygens (including phenoxy) is 2. The first kappa shape index (κ1) is 20.9. The number of carbonyl (C=O) groups is 1. The average Bonchev–Trinajstić information content (AvgIpc) is 2.81. The third kappa shape index (κ3) is 4.53. The van der Waals surface area contributed by atoms with Crippen LogP contribution in [0.4, 0.5) is 4.39 Å². The lowest BCUT2D eigenvalue weighted by Gasteiger charge is -2.38. The van der Waals surface area contributed by atoms with Gasteiger partial charge in [0, 0.05) is 45.2 Å². The van der Waals surface area contributed by atoms with Gasteiger partial charge < -0.3 is 14.8 Å². The molecule has 0 bridgehead atoms. The van der Waals surface area contributed by atoms with E-state index in [2.05, 4.69) is 15.2 Å². The van der Waals surface area contributed by atoms with E-state index in [1.54, 1.807) is 12.3 Å². The number of benzene rings is 1. The average molecular weight is 413 g/mol. The fourth-order valence-electron chi connectivity index (χ4n) is 4.43. The Bertz CT molecular complexity index is 837. The van der Waals surface area contributed by atoms with Gasteiger partial charge in [0.1, 0.15) is 5.82 Å². The van der Waals surface area contributed by atoms with Crippen LogP contribution >= 0.6 is 0 Å². The van der Waals surface area contributed by atoms with Crippen LogP contribution in [0.3, 0.4) is 0 Å². The minimum absolute atomic E-state index is 0.0101. The Balaban J connectivity index is 1.55. The van der Waals surface area contributed by atoms with Crippen molar-refractivity contribution in [2.75, 3.05) is 46.1 Å². The number of nitrogens with zero attached hydrogens (tertiary/aromatic N) is 2. The van der Waals surface area contributed by atoms with Crippen molar-refractivity contribution in [3.8, 4) is 0 Å². The summed E-state index contributed by atoms with van der Waals surface area (Å²) in [6.07, 6.45) is 4.68. The van der Waals surface area contributed by atoms with Gasteiger partial charge in [0.2, 0.25) is 5.91 Å². The number of aromatic nitrogens is 1. The van der Waals surface area contributed by atoms with Crippen LogP contribution in [0.2, 0.25) is 0 Å². The molecule has 1 unspecified atom stereocenters. The molecule has 0 aliphatic carbocycles. The van der Waals surface area contributed by atoms with E-state index in [0.29, 0.717) is 51.4 Å². The zero-order chi connectivity index (χ0) is 20.8. The molecule has 30 heavy (non-hydrogen) atoms. The van der Waals surface area contributed by atoms with Crippen LogP contribution in [0.25, 0.3) is 0 Å². The molecule has 3 heterocycles. The molecule has 160 valence electrons. The van der Waals surface area contributed by atoms with Gasteiger partial charge in [0.15, 0.2) is 0 Å². The van der Waals surface area contributed by atoms with Crippen molar-refractivity contribution in [3.05, 3.63) is 65.7 Å². The molecule has 2 aromatic rings. The number of hydrogen-bond acceptors (Lipinski definition) is 5. The SMILES string of the molecule is O=C(NCC(c1cccnc1)N1CCOCC1)C1(c2cccc(F)c2)CCOCC1. The highest BCUT2D eigenvalue weighted by molar-refractivity contribution is 5.88. The van der Waals surface area contributed by atoms with E-state index in [4.69, 9.17) is 9.47 Å². The second-order valence-electron chi connectivity index (χ2n) is 7.87. The minimum atomic E-state index is -0.773. The van der Waals surface area contributed by atoms with Gasteiger partial charge in [0.25, 0.3) is 0 Å². The van der Waals surface area contributed by atoms with Crippen molar-refractivity contribution >= 4 is 5.91 Å². The molecule has 2 fully saturated rings. The summed E-state index contributed by atoms with van der Waals surface area (Å²) in [5.74, 6) is -0.397. The number of amides is 1. The first-order valence-corrected chi connectivity index (χ1v) is 10.5. The third-order valence-electron chi connectivity index (χ3n) is 6.17. The first-order chi connectivity index (χ1) is 14.7. The Morgan fingerprint density at radius 1 is 1.13 bits per heavy atom. The molecule has 7 heteroatoms. The lowest BCUT2D eigenvalue weighted by Crippen LogP contribution is -2.51. The summed E-state index contributed by atoms with van der Waals surface area (Å²) in [7, 11) is 0. The van der Waals surface area contributed by atoms with Crippen molar-refractivity contribution in [2.24, 2.45) is 0 Å². The molecular formula is C23H28FN3O3. The maximum absolute atomic E-state index is 13.9. The van der Waals surface area contributed by atoms with Crippen LogP contribution in [-0.4, -0.2) is 61.9 Å². The molecule has 1 atom stereocenters. The monoisotopic (exact) mass is 413 g/mol. The van der Waals surface area contributed by atoms with E-state index in [0.717, 1.165) is 18.7 Å². The highest BCUT2D eigenvalue weighted by Gasteiger charge is 2.42. The molecule has 1 N–H and O–H groups in total. The lowest BCUT2D eigenvalue weighted by molar-refractivity contribution is -0.130. The maximum Gasteiger partial charge on any atom is 0.230 e. The molecule has 6 nitrogen and oxygen atoms in total. The van der Waals surface area contributed by atoms with Crippen molar-refractivity contribution < 1.29 is 18.7 Å². The number of pyridine rings is 1. The molecule has 0 spiro atoms. The summed E-state index contributed by atoms with van der Waals surface area (Å²) in [6.45, 7) is 4.39. The van der Waals surface area contributed by atoms with Gasteiger partial charge in [0.05, 0.1) is 24.7 Å². The molecule has 1 aromatic heterocycles. The Kier molecular flexibility index (Phi) is 6.72. The van der Waals surface area contributed by atoms with Gasteiger partial charge in [-0.3, -0.25) is 14.7 Å². The largest absolute Gasteiger partial charge is 0.381 e. The number of nitrogens with one attached hydrogen (secondary N) is 1. The van der Waals surface area contributed by atoms with Crippen LogP contribution in [0, 0.1) is 5.82 Å². The fraction of sp³-hybridized carbons (Fsp3) is 0.478. The standard InChI is InChI=1S/C23H28FN3O3/c24-20-5-1-4-19(15-20)23(6-11-29-12-7-23)22(28)26-17-21(18-3-2-8-25-16-18)27-9-13-30-14-10-27/h1-5,8,15-16,21H,6-7,9-14,17H2,(H,26,28). The summed E-state index contributed by atoms with van der Waals surface area (Å²) in [5, 5.41) is 3.18. The van der Waals surface area contributed by atoms with Crippen LogP contribution in [0.5, 0.6) is 0 Å². The molecule has 2 aliphatic rings. The first-order valence-electron chi connectivity index (χ1n) is 10.5. The minimum Gasteiger partial charge on any atom is -0.381 e. The van der Waals surface area contributed by atoms with Gasteiger partial charge in [-0.2, -0.15) is 0 Å². The number of halogens is 1. The van der Waals surface area contributed by atoms with E-state index in [1.807, 2.05) is 24.4 Å². The quantitative estimate of drug-likeness (QED) is 0.788. The molecule has 1 amide bonds. The predicted molar refractivity (Wildman–Crippen MR) is 111 cm³/mol. The zero-order valence-corrected chi connectivity index (χ0v) is 17.1. The van der Waals surface area contributed by atoms with Crippen molar-refractivity contribution in [1.29, 1.82) is 0 Å². The Labute approximate surface area is 176 Å². The van der Waals surface area contributed by atoms with Crippen molar-refractivity contribution in [3.63, 3.8) is 0 Å². The van der Waals surface area contributed by atoms with E-state index >= 15 is 0 Å². The maximum atomic E-state index is 13.9. The number of morpholine rings is 1. The summed E-state index contributed by atoms with van der Waals surface area (Å²) in [6, 6.07) is 10.4. The predicted octanol–water partition coefficient (Wildman–Crippen LogP) is 2.46. The van der Waals surface area contributed by atoms with Gasteiger partial charge in [-0.1, -0.05) is 18.2 Å². The number of rotatable bonds is 6. The van der Waals surface area contributed by atoms with Crippen LogP contribution < -0.4 is 5.32 Å². The smallest absolute Gasteiger partial charge is 0.230 e. The number of carbonyl (C=O) groups excluding carboxylic acids is 1. The molecule has 2 aliphatic heterocycles. The summed E-state index contributed by atoms with van der Waals surface area (Å²) in [4.78, 5) is 20.1. The highest BCUT2D eigenvalue weighted by atomic mass is 19.1. The van der Waals surface area contributed by atoms with Gasteiger partial charge >= 0.3 is 0 Å². The summed E-state index contributed by atoms with van der Waals surface area (Å²) in [5.41, 5.74) is 1.00. The fourth-order valence-corrected chi connectivity index (χ4v) is 4.43. The van der Waals surface area contributed by atoms with Gasteiger partial charge in [-0.25, -0.2) is 4.39 Å². The second-order valence-corrected chi connectivity index (χ2v) is 7.87. The molecule has 0 radical (unpaired) electrons. The van der Waals surface area contributed by atoms with E-state index in [9.17, 15) is 9.18 Å². The molecule has 0 saturated carbocycles. The summed E-state index contributed by atoms with van der Waals surface area (Å²) < 4.78 is 25.0. The zero-order valence-electron chi connectivity index (χ0n) is 17.1. The van der Waals surface area contributed by atoms with E-state index in [1.165, 1.54) is 12.1 Å². The number of hydrogen-bond donors (Lipinski definition) is 1. The van der Waals surface area contributed by atoms with Crippen LogP contribution in [0.15, 0.2) is 48.8 Å². The molecule has 1 aromatic carbocycles. The van der Waals surface area contributed by atoms with Crippen molar-refractivity contribution in [2.45, 2.75) is 24.3 Å². The lowest BCUT2D eigenvalue weighted by atomic mass is 9.73. The third-order valence-corrected chi connectivity index (χ3v) is 6.17.